The summed E-state index contributed by atoms with van der Waals surface area (Å²) in [6.07, 6.45) is 0. The summed E-state index contributed by atoms with van der Waals surface area (Å²) in [6.45, 7) is 5.20. The van der Waals surface area contributed by atoms with Crippen LogP contribution in [0.5, 0.6) is 5.75 Å². The van der Waals surface area contributed by atoms with E-state index in [2.05, 4.69) is 17.1 Å². The molecule has 0 saturated carbocycles. The highest BCUT2D eigenvalue weighted by atomic mass is 19.1. The lowest BCUT2D eigenvalue weighted by Gasteiger charge is -2.37. The SMILES string of the molecule is CC1CN(C(CO)c2ccc(OCc3ccccc3F)cc2)CCN1. The Hall–Kier alpha value is -1.95. The molecule has 2 aromatic carbocycles. The molecule has 2 unspecified atom stereocenters. The molecule has 1 heterocycles. The van der Waals surface area contributed by atoms with Gasteiger partial charge in [-0.2, -0.15) is 0 Å². The van der Waals surface area contributed by atoms with Gasteiger partial charge in [0.2, 0.25) is 0 Å². The Morgan fingerprint density at radius 1 is 1.24 bits per heavy atom. The van der Waals surface area contributed by atoms with Crippen LogP contribution in [0.4, 0.5) is 4.39 Å². The number of halogens is 1. The zero-order chi connectivity index (χ0) is 17.6. The summed E-state index contributed by atoms with van der Waals surface area (Å²) in [7, 11) is 0. The van der Waals surface area contributed by atoms with E-state index in [1.807, 2.05) is 24.3 Å². The lowest BCUT2D eigenvalue weighted by atomic mass is 10.0. The van der Waals surface area contributed by atoms with Crippen LogP contribution in [-0.2, 0) is 6.61 Å². The van der Waals surface area contributed by atoms with Crippen molar-refractivity contribution >= 4 is 0 Å². The summed E-state index contributed by atoms with van der Waals surface area (Å²) in [5, 5.41) is 13.2. The number of ether oxygens (including phenoxy) is 1. The minimum atomic E-state index is -0.257. The van der Waals surface area contributed by atoms with Crippen LogP contribution in [0.1, 0.15) is 24.1 Å². The van der Waals surface area contributed by atoms with Crippen molar-refractivity contribution in [3.63, 3.8) is 0 Å². The van der Waals surface area contributed by atoms with E-state index in [1.54, 1.807) is 18.2 Å². The van der Waals surface area contributed by atoms with Gasteiger partial charge in [-0.3, -0.25) is 4.90 Å². The molecule has 5 heteroatoms. The number of nitrogens with zero attached hydrogens (tertiary/aromatic N) is 1. The molecule has 4 nitrogen and oxygen atoms in total. The van der Waals surface area contributed by atoms with Gasteiger partial charge in [0.05, 0.1) is 12.6 Å². The molecule has 2 aromatic rings. The fourth-order valence-corrected chi connectivity index (χ4v) is 3.24. The van der Waals surface area contributed by atoms with Crippen LogP contribution in [0, 0.1) is 5.82 Å². The van der Waals surface area contributed by atoms with Crippen molar-refractivity contribution in [2.45, 2.75) is 25.6 Å². The second-order valence-corrected chi connectivity index (χ2v) is 6.50. The van der Waals surface area contributed by atoms with Gasteiger partial charge in [0.25, 0.3) is 0 Å². The number of aliphatic hydroxyl groups excluding tert-OH is 1. The van der Waals surface area contributed by atoms with E-state index >= 15 is 0 Å². The topological polar surface area (TPSA) is 44.7 Å². The molecule has 0 spiro atoms. The van der Waals surface area contributed by atoms with Crippen LogP contribution in [0.2, 0.25) is 0 Å². The minimum absolute atomic E-state index is 0.00910. The van der Waals surface area contributed by atoms with Crippen molar-refractivity contribution in [3.05, 3.63) is 65.5 Å². The number of hydrogen-bond acceptors (Lipinski definition) is 4. The van der Waals surface area contributed by atoms with Crippen molar-refractivity contribution in [3.8, 4) is 5.75 Å². The Morgan fingerprint density at radius 2 is 2.00 bits per heavy atom. The Bertz CT molecular complexity index is 678. The Labute approximate surface area is 148 Å². The number of hydrogen-bond donors (Lipinski definition) is 2. The van der Waals surface area contributed by atoms with Crippen LogP contribution in [0.15, 0.2) is 48.5 Å². The Morgan fingerprint density at radius 3 is 2.68 bits per heavy atom. The van der Waals surface area contributed by atoms with E-state index in [1.165, 1.54) is 6.07 Å². The quantitative estimate of drug-likeness (QED) is 0.846. The second kappa shape index (κ2) is 8.43. The molecule has 2 atom stereocenters. The molecule has 1 aliphatic rings. The maximum absolute atomic E-state index is 13.6. The first-order valence-electron chi connectivity index (χ1n) is 8.72. The van der Waals surface area contributed by atoms with Gasteiger partial charge in [0.1, 0.15) is 18.2 Å². The number of benzene rings is 2. The highest BCUT2D eigenvalue weighted by Gasteiger charge is 2.24. The Balaban J connectivity index is 1.63. The van der Waals surface area contributed by atoms with E-state index < -0.39 is 0 Å². The summed E-state index contributed by atoms with van der Waals surface area (Å²) < 4.78 is 19.3. The highest BCUT2D eigenvalue weighted by molar-refractivity contribution is 5.30. The second-order valence-electron chi connectivity index (χ2n) is 6.50. The fourth-order valence-electron chi connectivity index (χ4n) is 3.24. The first-order valence-corrected chi connectivity index (χ1v) is 8.72. The summed E-state index contributed by atoms with van der Waals surface area (Å²) >= 11 is 0. The van der Waals surface area contributed by atoms with E-state index in [9.17, 15) is 9.50 Å². The first kappa shape index (κ1) is 17.9. The summed E-state index contributed by atoms with van der Waals surface area (Å²) in [5.41, 5.74) is 1.60. The molecular formula is C20H25FN2O2. The molecule has 0 radical (unpaired) electrons. The zero-order valence-electron chi connectivity index (χ0n) is 14.5. The number of nitrogens with one attached hydrogen (secondary N) is 1. The molecule has 1 fully saturated rings. The fraction of sp³-hybridized carbons (Fsp3) is 0.400. The highest BCUT2D eigenvalue weighted by Crippen LogP contribution is 2.24. The van der Waals surface area contributed by atoms with Gasteiger partial charge in [-0.25, -0.2) is 4.39 Å². The van der Waals surface area contributed by atoms with Gasteiger partial charge in [-0.15, -0.1) is 0 Å². The average Bonchev–Trinajstić information content (AvgIpc) is 2.63. The normalized spacial score (nSPS) is 19.6. The third-order valence-electron chi connectivity index (χ3n) is 4.63. The van der Waals surface area contributed by atoms with Crippen LogP contribution in [-0.4, -0.2) is 42.3 Å². The summed E-state index contributed by atoms with van der Waals surface area (Å²) in [4.78, 5) is 2.30. The van der Waals surface area contributed by atoms with E-state index in [0.717, 1.165) is 25.2 Å². The first-order chi connectivity index (χ1) is 12.2. The van der Waals surface area contributed by atoms with Crippen LogP contribution in [0.3, 0.4) is 0 Å². The number of aliphatic hydroxyl groups is 1. The molecule has 25 heavy (non-hydrogen) atoms. The number of piperazine rings is 1. The molecule has 0 aliphatic carbocycles. The maximum atomic E-state index is 13.6. The van der Waals surface area contributed by atoms with Gasteiger partial charge in [0.15, 0.2) is 0 Å². The number of rotatable bonds is 6. The van der Waals surface area contributed by atoms with Gasteiger partial charge < -0.3 is 15.2 Å². The van der Waals surface area contributed by atoms with Gasteiger partial charge in [0, 0.05) is 31.2 Å². The lowest BCUT2D eigenvalue weighted by Crippen LogP contribution is -2.50. The molecule has 134 valence electrons. The van der Waals surface area contributed by atoms with Gasteiger partial charge in [-0.1, -0.05) is 30.3 Å². The van der Waals surface area contributed by atoms with Crippen LogP contribution < -0.4 is 10.1 Å². The van der Waals surface area contributed by atoms with E-state index in [-0.39, 0.29) is 25.1 Å². The predicted octanol–water partition coefficient (Wildman–Crippen LogP) is 2.73. The van der Waals surface area contributed by atoms with Gasteiger partial charge in [-0.05, 0) is 30.7 Å². The molecule has 0 aromatic heterocycles. The summed E-state index contributed by atoms with van der Waals surface area (Å²) in [5.74, 6) is 0.435. The van der Waals surface area contributed by atoms with E-state index in [0.29, 0.717) is 17.4 Å². The minimum Gasteiger partial charge on any atom is -0.489 e. The average molecular weight is 344 g/mol. The zero-order valence-corrected chi connectivity index (χ0v) is 14.5. The Kier molecular flexibility index (Phi) is 6.02. The van der Waals surface area contributed by atoms with Crippen molar-refractivity contribution in [2.75, 3.05) is 26.2 Å². The standard InChI is InChI=1S/C20H25FN2O2/c1-15-12-23(11-10-22-15)20(13-24)16-6-8-18(9-7-16)25-14-17-4-2-3-5-19(17)21/h2-9,15,20,22,24H,10-14H2,1H3. The molecule has 0 bridgehead atoms. The lowest BCUT2D eigenvalue weighted by molar-refractivity contribution is 0.0962. The third kappa shape index (κ3) is 4.57. The molecular weight excluding hydrogens is 319 g/mol. The molecule has 1 aliphatic heterocycles. The third-order valence-corrected chi connectivity index (χ3v) is 4.63. The smallest absolute Gasteiger partial charge is 0.129 e. The largest absolute Gasteiger partial charge is 0.489 e. The predicted molar refractivity (Wildman–Crippen MR) is 96.0 cm³/mol. The van der Waals surface area contributed by atoms with Crippen LogP contribution >= 0.6 is 0 Å². The van der Waals surface area contributed by atoms with Gasteiger partial charge >= 0.3 is 0 Å². The van der Waals surface area contributed by atoms with E-state index in [4.69, 9.17) is 4.74 Å². The molecule has 0 amide bonds. The molecule has 3 rings (SSSR count). The molecule has 1 saturated heterocycles. The van der Waals surface area contributed by atoms with Crippen molar-refractivity contribution in [2.24, 2.45) is 0 Å². The van der Waals surface area contributed by atoms with Crippen molar-refractivity contribution in [1.82, 2.24) is 10.2 Å². The summed E-state index contributed by atoms with van der Waals surface area (Å²) in [6, 6.07) is 14.7. The molecule has 2 N–H and O–H groups in total. The maximum Gasteiger partial charge on any atom is 0.129 e. The van der Waals surface area contributed by atoms with Crippen LogP contribution in [0.25, 0.3) is 0 Å². The monoisotopic (exact) mass is 344 g/mol. The van der Waals surface area contributed by atoms with Crippen molar-refractivity contribution in [1.29, 1.82) is 0 Å². The van der Waals surface area contributed by atoms with Crippen molar-refractivity contribution < 1.29 is 14.2 Å².